The van der Waals surface area contributed by atoms with Crippen LogP contribution in [0.3, 0.4) is 0 Å². The van der Waals surface area contributed by atoms with E-state index in [0.29, 0.717) is 6.54 Å². The Labute approximate surface area is 261 Å². The van der Waals surface area contributed by atoms with Crippen molar-refractivity contribution in [2.24, 2.45) is 11.8 Å². The second kappa shape index (κ2) is 9.91. The first-order valence-corrected chi connectivity index (χ1v) is 15.6. The van der Waals surface area contributed by atoms with E-state index in [4.69, 9.17) is 0 Å². The number of likely N-dealkylation sites (tertiary alicyclic amines) is 1. The molecule has 6 rings (SSSR count). The summed E-state index contributed by atoms with van der Waals surface area (Å²) in [6.07, 6.45) is 4.28. The van der Waals surface area contributed by atoms with E-state index in [1.807, 2.05) is 7.05 Å². The average molecular weight is 588 g/mol. The van der Waals surface area contributed by atoms with E-state index in [0.717, 1.165) is 39.7 Å². The molecule has 0 radical (unpaired) electrons. The molecule has 3 atom stereocenters. The van der Waals surface area contributed by atoms with Gasteiger partial charge in [0.2, 0.25) is 0 Å². The molecule has 4 aromatic heterocycles. The number of fused-ring (bicyclic) bond motifs is 8. The van der Waals surface area contributed by atoms with Crippen molar-refractivity contribution in [3.8, 4) is 12.1 Å². The molecule has 0 aromatic carbocycles. The SMILES string of the molecule is CN1C[C@@H](C#N)[C@H](C#N)[C@H]1/C=C/c1cc2[nH]c1C(C)(C)c1ccc([nH]1)C(C)(C)c1ccc([nH]1)C(C)(C)c1ccc([nH]1)C2(C)C. The summed E-state index contributed by atoms with van der Waals surface area (Å²) >= 11 is 0. The third-order valence-electron chi connectivity index (χ3n) is 10.8. The van der Waals surface area contributed by atoms with E-state index in [1.54, 1.807) is 0 Å². The Morgan fingerprint density at radius 2 is 1.09 bits per heavy atom. The Bertz CT molecular complexity index is 1820. The predicted molar refractivity (Wildman–Crippen MR) is 175 cm³/mol. The van der Waals surface area contributed by atoms with Gasteiger partial charge in [-0.05, 0) is 110 Å². The maximum Gasteiger partial charge on any atom is 0.0824 e. The first-order chi connectivity index (χ1) is 20.6. The molecular formula is C37H45N7. The normalized spacial score (nSPS) is 25.1. The van der Waals surface area contributed by atoms with Gasteiger partial charge in [-0.2, -0.15) is 10.5 Å². The topological polar surface area (TPSA) is 114 Å². The lowest BCUT2D eigenvalue weighted by atomic mass is 9.83. The highest BCUT2D eigenvalue weighted by molar-refractivity contribution is 5.59. The molecule has 7 heteroatoms. The van der Waals surface area contributed by atoms with Crippen molar-refractivity contribution < 1.29 is 0 Å². The Morgan fingerprint density at radius 3 is 1.52 bits per heavy atom. The number of H-pyrrole nitrogens is 4. The Hall–Kier alpha value is -4.20. The van der Waals surface area contributed by atoms with Gasteiger partial charge in [0.15, 0.2) is 0 Å². The van der Waals surface area contributed by atoms with Gasteiger partial charge in [0.05, 0.1) is 24.0 Å². The summed E-state index contributed by atoms with van der Waals surface area (Å²) in [7, 11) is 2.00. The lowest BCUT2D eigenvalue weighted by Crippen LogP contribution is -2.27. The number of rotatable bonds is 2. The lowest BCUT2D eigenvalue weighted by Gasteiger charge is -2.28. The molecule has 0 amide bonds. The Balaban J connectivity index is 1.54. The van der Waals surface area contributed by atoms with Gasteiger partial charge in [0, 0.05) is 79.8 Å². The number of hydrogen-bond donors (Lipinski definition) is 4. The zero-order chi connectivity index (χ0) is 31.8. The number of likely N-dealkylation sites (N-methyl/N-ethyl adjacent to an activating group) is 1. The molecule has 0 unspecified atom stereocenters. The van der Waals surface area contributed by atoms with Crippen LogP contribution in [0.25, 0.3) is 6.08 Å². The molecule has 6 heterocycles. The highest BCUT2D eigenvalue weighted by Crippen LogP contribution is 2.42. The number of aromatic nitrogens is 4. The molecule has 0 aliphatic carbocycles. The zero-order valence-electron chi connectivity index (χ0n) is 27.5. The van der Waals surface area contributed by atoms with E-state index < -0.39 is 0 Å². The van der Waals surface area contributed by atoms with E-state index >= 15 is 0 Å². The van der Waals surface area contributed by atoms with Crippen LogP contribution in [0.1, 0.15) is 107 Å². The second-order valence-electron chi connectivity index (χ2n) is 15.1. The van der Waals surface area contributed by atoms with Crippen LogP contribution in [-0.4, -0.2) is 44.5 Å². The van der Waals surface area contributed by atoms with Gasteiger partial charge in [-0.25, -0.2) is 0 Å². The highest BCUT2D eigenvalue weighted by Gasteiger charge is 2.40. The fourth-order valence-electron chi connectivity index (χ4n) is 7.21. The summed E-state index contributed by atoms with van der Waals surface area (Å²) in [5.74, 6) is -0.647. The smallest absolute Gasteiger partial charge is 0.0824 e. The number of nitrogens with one attached hydrogen (secondary N) is 4. The quantitative estimate of drug-likeness (QED) is 0.198. The third-order valence-corrected chi connectivity index (χ3v) is 10.8. The first kappa shape index (κ1) is 29.9. The van der Waals surface area contributed by atoms with Crippen molar-refractivity contribution in [3.05, 3.63) is 99.7 Å². The number of nitrogens with zero attached hydrogens (tertiary/aromatic N) is 3. The monoisotopic (exact) mass is 587 g/mol. The third kappa shape index (κ3) is 4.41. The molecule has 4 aromatic rings. The molecule has 0 spiro atoms. The predicted octanol–water partition coefficient (Wildman–Crippen LogP) is 7.22. The first-order valence-electron chi connectivity index (χ1n) is 15.6. The van der Waals surface area contributed by atoms with Crippen molar-refractivity contribution >= 4 is 6.08 Å². The van der Waals surface area contributed by atoms with Crippen LogP contribution in [0.5, 0.6) is 0 Å². The standard InChI is InChI=1S/C37H45N7/c1-34(2)26-12-13-27(40-26)35(3,4)29-16-17-31(42-29)37(7,8)33-22(10-11-25-24(20-39)23(19-38)21-44(25)9)18-32(43-33)36(5,6)30-15-14-28(34)41-30/h10-18,23-25,40-43H,21H2,1-9H3/b11-10+/t23-,24+,25-/m1/s1. The fraction of sp³-hybridized carbons (Fsp3) is 0.459. The lowest BCUT2D eigenvalue weighted by molar-refractivity contribution is 0.342. The minimum Gasteiger partial charge on any atom is -0.361 e. The molecule has 2 aliphatic rings. The van der Waals surface area contributed by atoms with Crippen molar-refractivity contribution in [1.29, 1.82) is 10.5 Å². The minimum atomic E-state index is -0.380. The van der Waals surface area contributed by atoms with Crippen molar-refractivity contribution in [3.63, 3.8) is 0 Å². The molecule has 228 valence electrons. The van der Waals surface area contributed by atoms with Crippen LogP contribution < -0.4 is 0 Å². The molecule has 1 saturated heterocycles. The number of aromatic amines is 4. The summed E-state index contributed by atoms with van der Waals surface area (Å²) in [6.45, 7) is 18.7. The van der Waals surface area contributed by atoms with E-state index in [2.05, 4.69) is 147 Å². The summed E-state index contributed by atoms with van der Waals surface area (Å²) in [5.41, 5.74) is 8.99. The van der Waals surface area contributed by atoms with E-state index in [-0.39, 0.29) is 39.5 Å². The average Bonchev–Trinajstić information content (AvgIpc) is 3.80. The molecule has 7 nitrogen and oxygen atoms in total. The molecular weight excluding hydrogens is 542 g/mol. The maximum absolute atomic E-state index is 9.93. The maximum atomic E-state index is 9.93. The van der Waals surface area contributed by atoms with Gasteiger partial charge < -0.3 is 19.9 Å². The Kier molecular flexibility index (Phi) is 6.72. The summed E-state index contributed by atoms with van der Waals surface area (Å²) in [5, 5.41) is 19.6. The molecule has 8 bridgehead atoms. The van der Waals surface area contributed by atoms with Crippen LogP contribution in [0.15, 0.2) is 48.5 Å². The van der Waals surface area contributed by atoms with Crippen molar-refractivity contribution in [1.82, 2.24) is 24.8 Å². The second-order valence-corrected chi connectivity index (χ2v) is 15.1. The van der Waals surface area contributed by atoms with Crippen LogP contribution >= 0.6 is 0 Å². The summed E-state index contributed by atoms with van der Waals surface area (Å²) < 4.78 is 0. The summed E-state index contributed by atoms with van der Waals surface area (Å²) in [4.78, 5) is 17.4. The van der Waals surface area contributed by atoms with Crippen molar-refractivity contribution in [2.75, 3.05) is 13.6 Å². The van der Waals surface area contributed by atoms with Crippen LogP contribution in [0.4, 0.5) is 0 Å². The van der Waals surface area contributed by atoms with Gasteiger partial charge in [-0.1, -0.05) is 12.2 Å². The zero-order valence-corrected chi connectivity index (χ0v) is 27.5. The van der Waals surface area contributed by atoms with Gasteiger partial charge in [0.25, 0.3) is 0 Å². The largest absolute Gasteiger partial charge is 0.361 e. The minimum absolute atomic E-state index is 0.120. The fourth-order valence-corrected chi connectivity index (χ4v) is 7.21. The van der Waals surface area contributed by atoms with Crippen LogP contribution in [0, 0.1) is 34.5 Å². The summed E-state index contributed by atoms with van der Waals surface area (Å²) in [6, 6.07) is 20.2. The van der Waals surface area contributed by atoms with Gasteiger partial charge >= 0.3 is 0 Å². The van der Waals surface area contributed by atoms with E-state index in [9.17, 15) is 10.5 Å². The Morgan fingerprint density at radius 1 is 0.659 bits per heavy atom. The van der Waals surface area contributed by atoms with Gasteiger partial charge in [-0.3, -0.25) is 4.90 Å². The molecule has 0 saturated carbocycles. The highest BCUT2D eigenvalue weighted by atomic mass is 15.2. The van der Waals surface area contributed by atoms with Crippen molar-refractivity contribution in [2.45, 2.75) is 83.1 Å². The molecule has 2 aliphatic heterocycles. The molecule has 44 heavy (non-hydrogen) atoms. The number of hydrogen-bond acceptors (Lipinski definition) is 3. The number of nitriles is 2. The van der Waals surface area contributed by atoms with Crippen LogP contribution in [-0.2, 0) is 21.7 Å². The molecule has 1 fully saturated rings. The van der Waals surface area contributed by atoms with Crippen LogP contribution in [0.2, 0.25) is 0 Å². The van der Waals surface area contributed by atoms with Gasteiger partial charge in [0.1, 0.15) is 0 Å². The van der Waals surface area contributed by atoms with Gasteiger partial charge in [-0.15, -0.1) is 0 Å². The molecule has 4 N–H and O–H groups in total. The van der Waals surface area contributed by atoms with E-state index in [1.165, 1.54) is 11.4 Å².